The van der Waals surface area contributed by atoms with E-state index in [2.05, 4.69) is 9.97 Å². The molecular weight excluding hydrogens is 426 g/mol. The Kier molecular flexibility index (Phi) is 7.63. The Balaban J connectivity index is 1.91. The maximum Gasteiger partial charge on any atom is 0.330 e. The van der Waals surface area contributed by atoms with Gasteiger partial charge in [0.25, 0.3) is 5.56 Å². The topological polar surface area (TPSA) is 114 Å². The van der Waals surface area contributed by atoms with Crippen LogP contribution in [0.25, 0.3) is 10.6 Å². The van der Waals surface area contributed by atoms with Crippen LogP contribution in [0.2, 0.25) is 0 Å². The van der Waals surface area contributed by atoms with Crippen molar-refractivity contribution >= 4 is 28.7 Å². The number of nitrogens with zero attached hydrogens (tertiary/aromatic N) is 3. The van der Waals surface area contributed by atoms with Crippen LogP contribution in [0.4, 0.5) is 11.5 Å². The van der Waals surface area contributed by atoms with Crippen molar-refractivity contribution in [2.45, 2.75) is 53.0 Å². The van der Waals surface area contributed by atoms with Crippen molar-refractivity contribution in [2.24, 2.45) is 0 Å². The van der Waals surface area contributed by atoms with Gasteiger partial charge in [0.1, 0.15) is 10.8 Å². The monoisotopic (exact) mass is 455 g/mol. The molecule has 0 spiro atoms. The minimum absolute atomic E-state index is 0.0173. The average molecular weight is 456 g/mol. The van der Waals surface area contributed by atoms with Crippen LogP contribution in [-0.4, -0.2) is 27.0 Å². The molecule has 0 unspecified atom stereocenters. The summed E-state index contributed by atoms with van der Waals surface area (Å²) in [5.74, 6) is -0.262. The summed E-state index contributed by atoms with van der Waals surface area (Å²) in [6.45, 7) is 6.63. The number of aryl methyl sites for hydroxylation is 1. The van der Waals surface area contributed by atoms with Gasteiger partial charge in [0.2, 0.25) is 5.91 Å². The van der Waals surface area contributed by atoms with Crippen molar-refractivity contribution in [3.05, 3.63) is 61.7 Å². The van der Waals surface area contributed by atoms with E-state index in [1.165, 1.54) is 26.4 Å². The van der Waals surface area contributed by atoms with Gasteiger partial charge in [0.15, 0.2) is 5.69 Å². The molecule has 0 radical (unpaired) electrons. The van der Waals surface area contributed by atoms with Gasteiger partial charge >= 0.3 is 5.69 Å². The highest BCUT2D eigenvalue weighted by Gasteiger charge is 2.24. The molecule has 9 heteroatoms. The number of nitrogen functional groups attached to an aromatic ring is 1. The molecule has 0 fully saturated rings. The standard InChI is InChI=1S/C23H29N5O3S/c1-4-6-12-27(19-20(24)28(11-5-2)23(31)26-21(19)30)18(29)13-17-14-32-22(25-17)16-9-7-15(3)8-10-16/h7-10,14H,4-6,11-13,24H2,1-3H3,(H,26,30,31). The first kappa shape index (κ1) is 23.5. The lowest BCUT2D eigenvalue weighted by Gasteiger charge is -2.24. The number of carbonyl (C=O) groups is 1. The molecule has 3 rings (SSSR count). The van der Waals surface area contributed by atoms with Gasteiger partial charge in [-0.05, 0) is 19.8 Å². The minimum atomic E-state index is -0.650. The Morgan fingerprint density at radius 3 is 2.56 bits per heavy atom. The number of nitrogens with two attached hydrogens (primary N) is 1. The molecule has 32 heavy (non-hydrogen) atoms. The molecule has 1 amide bonds. The van der Waals surface area contributed by atoms with Gasteiger partial charge in [-0.3, -0.25) is 19.1 Å². The van der Waals surface area contributed by atoms with Crippen LogP contribution in [0.1, 0.15) is 44.4 Å². The zero-order valence-corrected chi connectivity index (χ0v) is 19.5. The lowest BCUT2D eigenvalue weighted by atomic mass is 10.2. The summed E-state index contributed by atoms with van der Waals surface area (Å²) >= 11 is 1.47. The lowest BCUT2D eigenvalue weighted by molar-refractivity contribution is -0.118. The Bertz CT molecular complexity index is 1190. The molecule has 170 valence electrons. The second kappa shape index (κ2) is 10.4. The number of H-pyrrole nitrogens is 1. The van der Waals surface area contributed by atoms with Crippen molar-refractivity contribution in [3.8, 4) is 10.6 Å². The number of amides is 1. The van der Waals surface area contributed by atoms with Gasteiger partial charge in [-0.25, -0.2) is 9.78 Å². The maximum absolute atomic E-state index is 13.3. The van der Waals surface area contributed by atoms with Crippen molar-refractivity contribution in [1.82, 2.24) is 14.5 Å². The number of hydrogen-bond acceptors (Lipinski definition) is 6. The molecule has 0 saturated carbocycles. The molecular formula is C23H29N5O3S. The van der Waals surface area contributed by atoms with E-state index >= 15 is 0 Å². The van der Waals surface area contributed by atoms with Gasteiger partial charge in [0.05, 0.1) is 12.1 Å². The number of anilines is 2. The highest BCUT2D eigenvalue weighted by Crippen LogP contribution is 2.25. The van der Waals surface area contributed by atoms with E-state index in [4.69, 9.17) is 5.73 Å². The molecule has 0 aliphatic rings. The third-order valence-electron chi connectivity index (χ3n) is 5.15. The smallest absolute Gasteiger partial charge is 0.330 e. The van der Waals surface area contributed by atoms with Gasteiger partial charge in [0, 0.05) is 24.0 Å². The molecule has 2 heterocycles. The average Bonchev–Trinajstić information content (AvgIpc) is 3.22. The first-order chi connectivity index (χ1) is 15.3. The second-order valence-electron chi connectivity index (χ2n) is 7.73. The molecule has 3 N–H and O–H groups in total. The number of hydrogen-bond donors (Lipinski definition) is 2. The Morgan fingerprint density at radius 2 is 1.91 bits per heavy atom. The number of benzene rings is 1. The second-order valence-corrected chi connectivity index (χ2v) is 8.59. The fraction of sp³-hybridized carbons (Fsp3) is 0.391. The van der Waals surface area contributed by atoms with E-state index < -0.39 is 11.2 Å². The highest BCUT2D eigenvalue weighted by molar-refractivity contribution is 7.13. The summed E-state index contributed by atoms with van der Waals surface area (Å²) in [4.78, 5) is 46.4. The highest BCUT2D eigenvalue weighted by atomic mass is 32.1. The van der Waals surface area contributed by atoms with Crippen LogP contribution in [0.15, 0.2) is 39.2 Å². The molecule has 8 nitrogen and oxygen atoms in total. The summed E-state index contributed by atoms with van der Waals surface area (Å²) in [7, 11) is 0. The van der Waals surface area contributed by atoms with Gasteiger partial charge in [-0.15, -0.1) is 11.3 Å². The van der Waals surface area contributed by atoms with E-state index in [1.54, 1.807) is 0 Å². The zero-order valence-electron chi connectivity index (χ0n) is 18.7. The Labute approximate surface area is 190 Å². The Hall–Kier alpha value is -3.20. The third-order valence-corrected chi connectivity index (χ3v) is 6.09. The van der Waals surface area contributed by atoms with Gasteiger partial charge in [-0.1, -0.05) is 50.1 Å². The van der Waals surface area contributed by atoms with Crippen molar-refractivity contribution < 1.29 is 4.79 Å². The number of nitrogens with one attached hydrogen (secondary N) is 1. The Morgan fingerprint density at radius 1 is 1.19 bits per heavy atom. The fourth-order valence-electron chi connectivity index (χ4n) is 3.43. The molecule has 2 aromatic heterocycles. The fourth-order valence-corrected chi connectivity index (χ4v) is 4.25. The number of rotatable bonds is 9. The van der Waals surface area contributed by atoms with Gasteiger partial charge < -0.3 is 10.6 Å². The number of thiazole rings is 1. The number of aromatic amines is 1. The number of unbranched alkanes of at least 4 members (excludes halogenated alkanes) is 1. The SMILES string of the molecule is CCCCN(C(=O)Cc1csc(-c2ccc(C)cc2)n1)c1c(N)n(CCC)c(=O)[nH]c1=O. The van der Waals surface area contributed by atoms with Crippen molar-refractivity contribution in [1.29, 1.82) is 0 Å². The largest absolute Gasteiger partial charge is 0.383 e. The maximum atomic E-state index is 13.3. The molecule has 0 aliphatic carbocycles. The summed E-state index contributed by atoms with van der Waals surface area (Å²) < 4.78 is 1.31. The van der Waals surface area contributed by atoms with Crippen molar-refractivity contribution in [3.63, 3.8) is 0 Å². The summed E-state index contributed by atoms with van der Waals surface area (Å²) in [6, 6.07) is 8.05. The van der Waals surface area contributed by atoms with E-state index in [1.807, 2.05) is 50.4 Å². The predicted octanol–water partition coefficient (Wildman–Crippen LogP) is 3.34. The molecule has 0 aliphatic heterocycles. The van der Waals surface area contributed by atoms with E-state index in [0.29, 0.717) is 31.6 Å². The molecule has 0 atom stereocenters. The first-order valence-corrected chi connectivity index (χ1v) is 11.7. The molecule has 3 aromatic rings. The van der Waals surface area contributed by atoms with Crippen LogP contribution >= 0.6 is 11.3 Å². The predicted molar refractivity (Wildman–Crippen MR) is 129 cm³/mol. The van der Waals surface area contributed by atoms with Crippen LogP contribution in [0.5, 0.6) is 0 Å². The summed E-state index contributed by atoms with van der Waals surface area (Å²) in [5, 5.41) is 2.69. The molecule has 0 bridgehead atoms. The van der Waals surface area contributed by atoms with Crippen LogP contribution in [0.3, 0.4) is 0 Å². The van der Waals surface area contributed by atoms with Crippen molar-refractivity contribution in [2.75, 3.05) is 17.2 Å². The summed E-state index contributed by atoms with van der Waals surface area (Å²) in [5.41, 5.74) is 7.81. The van der Waals surface area contributed by atoms with Gasteiger partial charge in [-0.2, -0.15) is 0 Å². The van der Waals surface area contributed by atoms with E-state index in [0.717, 1.165) is 17.0 Å². The molecule has 0 saturated heterocycles. The van der Waals surface area contributed by atoms with E-state index in [-0.39, 0.29) is 23.8 Å². The van der Waals surface area contributed by atoms with Crippen LogP contribution in [0, 0.1) is 6.92 Å². The number of carbonyl (C=O) groups excluding carboxylic acids is 1. The zero-order chi connectivity index (χ0) is 23.3. The van der Waals surface area contributed by atoms with E-state index in [9.17, 15) is 14.4 Å². The molecule has 1 aromatic carbocycles. The van der Waals surface area contributed by atoms with Crippen LogP contribution < -0.4 is 21.9 Å². The number of aromatic nitrogens is 3. The summed E-state index contributed by atoms with van der Waals surface area (Å²) in [6.07, 6.45) is 2.24. The van der Waals surface area contributed by atoms with Crippen LogP contribution in [-0.2, 0) is 17.8 Å². The quantitative estimate of drug-likeness (QED) is 0.514. The minimum Gasteiger partial charge on any atom is -0.383 e. The lowest BCUT2D eigenvalue weighted by Crippen LogP contribution is -2.42. The first-order valence-electron chi connectivity index (χ1n) is 10.8. The normalized spacial score (nSPS) is 11.0. The third kappa shape index (κ3) is 5.16.